The summed E-state index contributed by atoms with van der Waals surface area (Å²) in [5.41, 5.74) is 2.53. The van der Waals surface area contributed by atoms with E-state index in [2.05, 4.69) is 48.0 Å². The third-order valence-electron chi connectivity index (χ3n) is 4.21. The van der Waals surface area contributed by atoms with Crippen molar-refractivity contribution in [1.82, 2.24) is 14.8 Å². The minimum Gasteiger partial charge on any atom is -0.320 e. The third kappa shape index (κ3) is 1.81. The molecule has 0 unspecified atom stereocenters. The molecule has 0 saturated heterocycles. The van der Waals surface area contributed by atoms with Gasteiger partial charge in [0.2, 0.25) is 0 Å². The lowest BCUT2D eigenvalue weighted by atomic mass is 9.58. The van der Waals surface area contributed by atoms with Crippen molar-refractivity contribution < 1.29 is 0 Å². The number of benzene rings is 1. The molecule has 3 heteroatoms. The maximum Gasteiger partial charge on any atom is 0.143 e. The van der Waals surface area contributed by atoms with Crippen LogP contribution in [0.25, 0.3) is 6.08 Å². The largest absolute Gasteiger partial charge is 0.320 e. The van der Waals surface area contributed by atoms with Crippen LogP contribution in [-0.4, -0.2) is 14.8 Å². The van der Waals surface area contributed by atoms with E-state index in [1.807, 2.05) is 17.7 Å². The standard InChI is InChI=1S/C16H19N3/c1-4-13-6-5-7-14(8-13)16(9-12(2)10-16)15-18-17-11-19(15)3/h4-8,11-12H,1,9-10H2,2-3H3. The highest BCUT2D eigenvalue weighted by Gasteiger charge is 2.47. The van der Waals surface area contributed by atoms with Crippen LogP contribution in [0.3, 0.4) is 0 Å². The van der Waals surface area contributed by atoms with Gasteiger partial charge < -0.3 is 4.57 Å². The van der Waals surface area contributed by atoms with Crippen LogP contribution in [-0.2, 0) is 12.5 Å². The van der Waals surface area contributed by atoms with E-state index in [1.54, 1.807) is 6.33 Å². The molecular weight excluding hydrogens is 234 g/mol. The summed E-state index contributed by atoms with van der Waals surface area (Å²) in [4.78, 5) is 0. The molecule has 3 nitrogen and oxygen atoms in total. The normalized spacial score (nSPS) is 25.9. The van der Waals surface area contributed by atoms with Crippen LogP contribution >= 0.6 is 0 Å². The predicted molar refractivity (Wildman–Crippen MR) is 76.7 cm³/mol. The van der Waals surface area contributed by atoms with Gasteiger partial charge in [0, 0.05) is 7.05 Å². The smallest absolute Gasteiger partial charge is 0.143 e. The Morgan fingerprint density at radius 2 is 2.21 bits per heavy atom. The molecule has 2 aromatic rings. The van der Waals surface area contributed by atoms with Gasteiger partial charge in [-0.2, -0.15) is 0 Å². The first-order valence-corrected chi connectivity index (χ1v) is 6.73. The Morgan fingerprint density at radius 3 is 2.79 bits per heavy atom. The maximum atomic E-state index is 4.36. The van der Waals surface area contributed by atoms with Crippen LogP contribution in [0.4, 0.5) is 0 Å². The lowest BCUT2D eigenvalue weighted by molar-refractivity contribution is 0.185. The molecule has 98 valence electrons. The van der Waals surface area contributed by atoms with Gasteiger partial charge in [0.25, 0.3) is 0 Å². The fraction of sp³-hybridized carbons (Fsp3) is 0.375. The van der Waals surface area contributed by atoms with Crippen molar-refractivity contribution in [2.75, 3.05) is 0 Å². The molecule has 1 saturated carbocycles. The predicted octanol–water partition coefficient (Wildman–Crippen LogP) is 3.17. The Kier molecular flexibility index (Phi) is 2.77. The van der Waals surface area contributed by atoms with Crippen molar-refractivity contribution in [2.24, 2.45) is 13.0 Å². The van der Waals surface area contributed by atoms with Crippen molar-refractivity contribution >= 4 is 6.08 Å². The summed E-state index contributed by atoms with van der Waals surface area (Å²) >= 11 is 0. The summed E-state index contributed by atoms with van der Waals surface area (Å²) in [7, 11) is 2.03. The SMILES string of the molecule is C=Cc1cccc(C2(c3nncn3C)CC(C)C2)c1. The third-order valence-corrected chi connectivity index (χ3v) is 4.21. The van der Waals surface area contributed by atoms with Crippen LogP contribution < -0.4 is 0 Å². The van der Waals surface area contributed by atoms with Gasteiger partial charge in [0.1, 0.15) is 12.2 Å². The summed E-state index contributed by atoms with van der Waals surface area (Å²) in [5.74, 6) is 1.82. The molecule has 0 bridgehead atoms. The van der Waals surface area contributed by atoms with Gasteiger partial charge in [-0.25, -0.2) is 0 Å². The lowest BCUT2D eigenvalue weighted by Crippen LogP contribution is -2.43. The second kappa shape index (κ2) is 4.34. The van der Waals surface area contributed by atoms with Crippen LogP contribution in [0.5, 0.6) is 0 Å². The van der Waals surface area contributed by atoms with Crippen molar-refractivity contribution in [1.29, 1.82) is 0 Å². The molecule has 1 aromatic heterocycles. The number of aromatic nitrogens is 3. The zero-order valence-corrected chi connectivity index (χ0v) is 11.5. The second-order valence-corrected chi connectivity index (χ2v) is 5.69. The molecule has 1 heterocycles. The Labute approximate surface area is 114 Å². The van der Waals surface area contributed by atoms with E-state index in [9.17, 15) is 0 Å². The molecular formula is C16H19N3. The average molecular weight is 253 g/mol. The van der Waals surface area contributed by atoms with Crippen molar-refractivity contribution in [3.8, 4) is 0 Å². The quantitative estimate of drug-likeness (QED) is 0.841. The minimum atomic E-state index is 0.0314. The van der Waals surface area contributed by atoms with Crippen LogP contribution in [0.2, 0.25) is 0 Å². The van der Waals surface area contributed by atoms with E-state index in [-0.39, 0.29) is 5.41 Å². The van der Waals surface area contributed by atoms with E-state index in [0.29, 0.717) is 0 Å². The van der Waals surface area contributed by atoms with Gasteiger partial charge in [-0.1, -0.05) is 43.8 Å². The molecule has 0 N–H and O–H groups in total. The van der Waals surface area contributed by atoms with Crippen molar-refractivity contribution in [3.05, 3.63) is 54.1 Å². The first-order valence-electron chi connectivity index (χ1n) is 6.73. The highest BCUT2D eigenvalue weighted by molar-refractivity contribution is 5.51. The number of nitrogens with zero attached hydrogens (tertiary/aromatic N) is 3. The summed E-state index contributed by atoms with van der Waals surface area (Å²) in [6, 6.07) is 8.62. The molecule has 1 fully saturated rings. The topological polar surface area (TPSA) is 30.7 Å². The van der Waals surface area contributed by atoms with Crippen LogP contribution in [0.1, 0.15) is 36.7 Å². The molecule has 0 atom stereocenters. The summed E-state index contributed by atoms with van der Waals surface area (Å²) in [6.07, 6.45) is 5.97. The van der Waals surface area contributed by atoms with Gasteiger partial charge >= 0.3 is 0 Å². The molecule has 0 radical (unpaired) electrons. The highest BCUT2D eigenvalue weighted by atomic mass is 15.3. The molecule has 19 heavy (non-hydrogen) atoms. The number of rotatable bonds is 3. The summed E-state index contributed by atoms with van der Waals surface area (Å²) in [6.45, 7) is 6.16. The van der Waals surface area contributed by atoms with Crippen LogP contribution in [0, 0.1) is 5.92 Å². The molecule has 1 aromatic carbocycles. The maximum absolute atomic E-state index is 4.36. The summed E-state index contributed by atoms with van der Waals surface area (Å²) < 4.78 is 2.05. The number of aryl methyl sites for hydroxylation is 1. The highest BCUT2D eigenvalue weighted by Crippen LogP contribution is 2.51. The van der Waals surface area contributed by atoms with Crippen molar-refractivity contribution in [3.63, 3.8) is 0 Å². The monoisotopic (exact) mass is 253 g/mol. The zero-order chi connectivity index (χ0) is 13.5. The molecule has 0 amide bonds. The molecule has 1 aliphatic carbocycles. The number of hydrogen-bond acceptors (Lipinski definition) is 2. The van der Waals surface area contributed by atoms with Gasteiger partial charge in [-0.05, 0) is 29.9 Å². The molecule has 3 rings (SSSR count). The minimum absolute atomic E-state index is 0.0314. The van der Waals surface area contributed by atoms with E-state index >= 15 is 0 Å². The fourth-order valence-electron chi connectivity index (χ4n) is 3.36. The van der Waals surface area contributed by atoms with E-state index < -0.39 is 0 Å². The van der Waals surface area contributed by atoms with Gasteiger partial charge in [-0.15, -0.1) is 10.2 Å². The second-order valence-electron chi connectivity index (χ2n) is 5.69. The lowest BCUT2D eigenvalue weighted by Gasteiger charge is -2.46. The Hall–Kier alpha value is -1.90. The number of hydrogen-bond donors (Lipinski definition) is 0. The van der Waals surface area contributed by atoms with Gasteiger partial charge in [0.15, 0.2) is 0 Å². The first kappa shape index (κ1) is 12.2. The first-order chi connectivity index (χ1) is 9.15. The van der Waals surface area contributed by atoms with Gasteiger partial charge in [-0.3, -0.25) is 0 Å². The van der Waals surface area contributed by atoms with Crippen LogP contribution in [0.15, 0.2) is 37.2 Å². The van der Waals surface area contributed by atoms with E-state index in [0.717, 1.165) is 24.6 Å². The fourth-order valence-corrected chi connectivity index (χ4v) is 3.36. The molecule has 1 aliphatic rings. The molecule has 0 spiro atoms. The Balaban J connectivity index is 2.11. The average Bonchev–Trinajstić information content (AvgIpc) is 2.81. The van der Waals surface area contributed by atoms with E-state index in [1.165, 1.54) is 11.1 Å². The Morgan fingerprint density at radius 1 is 1.42 bits per heavy atom. The van der Waals surface area contributed by atoms with Gasteiger partial charge in [0.05, 0.1) is 5.41 Å². The Bertz CT molecular complexity index is 606. The summed E-state index contributed by atoms with van der Waals surface area (Å²) in [5, 5.41) is 8.42. The van der Waals surface area contributed by atoms with Crippen molar-refractivity contribution in [2.45, 2.75) is 25.2 Å². The van der Waals surface area contributed by atoms with E-state index in [4.69, 9.17) is 0 Å². The zero-order valence-electron chi connectivity index (χ0n) is 11.5. The molecule has 0 aliphatic heterocycles.